The number of nitrogens with one attached hydrogen (secondary N) is 1. The average Bonchev–Trinajstić information content (AvgIpc) is 2.09. The predicted octanol–water partition coefficient (Wildman–Crippen LogP) is 0.355. The van der Waals surface area contributed by atoms with Crippen molar-refractivity contribution in [1.82, 2.24) is 5.32 Å². The van der Waals surface area contributed by atoms with Crippen molar-refractivity contribution in [3.8, 4) is 0 Å². The maximum Gasteiger partial charge on any atom is 0.303 e. The monoisotopic (exact) mass is 213 g/mol. The van der Waals surface area contributed by atoms with Crippen LogP contribution in [-0.2, 0) is 19.1 Å². The molecule has 1 aliphatic heterocycles. The summed E-state index contributed by atoms with van der Waals surface area (Å²) in [7, 11) is 0. The highest BCUT2D eigenvalue weighted by Gasteiger charge is 2.32. The molecule has 0 saturated carbocycles. The van der Waals surface area contributed by atoms with Gasteiger partial charge in [-0.2, -0.15) is 0 Å². The predicted molar refractivity (Wildman–Crippen MR) is 52.8 cm³/mol. The second-order valence-corrected chi connectivity index (χ2v) is 3.47. The van der Waals surface area contributed by atoms with Crippen molar-refractivity contribution in [1.29, 1.82) is 0 Å². The van der Waals surface area contributed by atoms with Crippen molar-refractivity contribution in [2.75, 3.05) is 0 Å². The molecule has 84 valence electrons. The van der Waals surface area contributed by atoms with Crippen LogP contribution in [0.1, 0.15) is 20.8 Å². The van der Waals surface area contributed by atoms with Crippen LogP contribution in [0, 0.1) is 0 Å². The summed E-state index contributed by atoms with van der Waals surface area (Å²) in [5.41, 5.74) is 0. The molecule has 5 nitrogen and oxygen atoms in total. The molecule has 0 aromatic carbocycles. The lowest BCUT2D eigenvalue weighted by Gasteiger charge is -2.32. The van der Waals surface area contributed by atoms with E-state index in [-0.39, 0.29) is 24.0 Å². The van der Waals surface area contributed by atoms with Gasteiger partial charge in [-0.15, -0.1) is 0 Å². The van der Waals surface area contributed by atoms with E-state index in [9.17, 15) is 9.59 Å². The molecule has 5 heteroatoms. The zero-order valence-electron chi connectivity index (χ0n) is 9.02. The highest BCUT2D eigenvalue weighted by Crippen LogP contribution is 2.15. The van der Waals surface area contributed by atoms with Crippen molar-refractivity contribution < 1.29 is 19.1 Å². The number of rotatable bonds is 2. The summed E-state index contributed by atoms with van der Waals surface area (Å²) < 4.78 is 10.3. The van der Waals surface area contributed by atoms with Gasteiger partial charge in [0.25, 0.3) is 0 Å². The fraction of sp³-hybridized carbons (Fsp3) is 0.600. The molecule has 1 aliphatic rings. The lowest BCUT2D eigenvalue weighted by atomic mass is 10.0. The van der Waals surface area contributed by atoms with Gasteiger partial charge < -0.3 is 14.8 Å². The van der Waals surface area contributed by atoms with Gasteiger partial charge in [-0.05, 0) is 13.0 Å². The Hall–Kier alpha value is -1.52. The van der Waals surface area contributed by atoms with E-state index in [0.717, 1.165) is 0 Å². The van der Waals surface area contributed by atoms with Gasteiger partial charge >= 0.3 is 5.97 Å². The van der Waals surface area contributed by atoms with Crippen molar-refractivity contribution in [2.24, 2.45) is 0 Å². The maximum absolute atomic E-state index is 10.9. The van der Waals surface area contributed by atoms with E-state index in [4.69, 9.17) is 9.47 Å². The lowest BCUT2D eigenvalue weighted by molar-refractivity contribution is -0.155. The Balaban J connectivity index is 2.71. The molecule has 1 rings (SSSR count). The van der Waals surface area contributed by atoms with E-state index in [1.165, 1.54) is 20.1 Å². The Labute approximate surface area is 88.4 Å². The Bertz CT molecular complexity index is 287. The van der Waals surface area contributed by atoms with Gasteiger partial charge in [-0.3, -0.25) is 9.59 Å². The van der Waals surface area contributed by atoms with Gasteiger partial charge in [0.15, 0.2) is 6.10 Å². The molecule has 0 unspecified atom stereocenters. The first-order chi connectivity index (χ1) is 7.00. The number of ether oxygens (including phenoxy) is 2. The van der Waals surface area contributed by atoms with Gasteiger partial charge in [-0.1, -0.05) is 0 Å². The molecule has 0 radical (unpaired) electrons. The molecule has 1 amide bonds. The molecule has 3 atom stereocenters. The summed E-state index contributed by atoms with van der Waals surface area (Å²) in [6.45, 7) is 4.53. The number of esters is 1. The first-order valence-electron chi connectivity index (χ1n) is 4.77. The normalized spacial score (nSPS) is 29.1. The Morgan fingerprint density at radius 1 is 1.40 bits per heavy atom. The minimum atomic E-state index is -0.476. The summed E-state index contributed by atoms with van der Waals surface area (Å²) in [5.74, 6) is -0.558. The minimum absolute atomic E-state index is 0.170. The SMILES string of the molecule is CC(=O)N[C@H]1C=CO[C@@H](C)[C@@H]1OC(C)=O. The third kappa shape index (κ3) is 3.27. The quantitative estimate of drug-likeness (QED) is 0.672. The molecule has 0 aromatic rings. The third-order valence-electron chi connectivity index (χ3n) is 2.07. The molecule has 0 saturated heterocycles. The number of hydrogen-bond donors (Lipinski definition) is 1. The molecule has 1 N–H and O–H groups in total. The fourth-order valence-electron chi connectivity index (χ4n) is 1.46. The molecule has 0 bridgehead atoms. The van der Waals surface area contributed by atoms with E-state index in [1.807, 2.05) is 0 Å². The van der Waals surface area contributed by atoms with Crippen LogP contribution in [-0.4, -0.2) is 30.1 Å². The summed E-state index contributed by atoms with van der Waals surface area (Å²) >= 11 is 0. The van der Waals surface area contributed by atoms with Gasteiger partial charge in [0.05, 0.1) is 12.3 Å². The van der Waals surface area contributed by atoms with Crippen LogP contribution in [0.2, 0.25) is 0 Å². The fourth-order valence-corrected chi connectivity index (χ4v) is 1.46. The van der Waals surface area contributed by atoms with Crippen LogP contribution in [0.5, 0.6) is 0 Å². The van der Waals surface area contributed by atoms with Crippen LogP contribution in [0.15, 0.2) is 12.3 Å². The molecule has 15 heavy (non-hydrogen) atoms. The number of amides is 1. The molecule has 0 fully saturated rings. The van der Waals surface area contributed by atoms with Gasteiger partial charge in [0.1, 0.15) is 6.10 Å². The number of carbonyl (C=O) groups is 2. The van der Waals surface area contributed by atoms with Crippen LogP contribution < -0.4 is 5.32 Å². The summed E-state index contributed by atoms with van der Waals surface area (Å²) in [6, 6.07) is -0.324. The van der Waals surface area contributed by atoms with Crippen LogP contribution in [0.25, 0.3) is 0 Å². The van der Waals surface area contributed by atoms with Crippen molar-refractivity contribution in [3.63, 3.8) is 0 Å². The second-order valence-electron chi connectivity index (χ2n) is 3.47. The Kier molecular flexibility index (Phi) is 3.71. The van der Waals surface area contributed by atoms with E-state index >= 15 is 0 Å². The van der Waals surface area contributed by atoms with Gasteiger partial charge in [0, 0.05) is 13.8 Å². The lowest BCUT2D eigenvalue weighted by Crippen LogP contribution is -2.50. The summed E-state index contributed by atoms with van der Waals surface area (Å²) in [4.78, 5) is 21.8. The number of carbonyl (C=O) groups excluding carboxylic acids is 2. The third-order valence-corrected chi connectivity index (χ3v) is 2.07. The van der Waals surface area contributed by atoms with Crippen molar-refractivity contribution in [2.45, 2.75) is 39.0 Å². The minimum Gasteiger partial charge on any atom is -0.495 e. The van der Waals surface area contributed by atoms with E-state index < -0.39 is 6.10 Å². The topological polar surface area (TPSA) is 64.6 Å². The number of hydrogen-bond acceptors (Lipinski definition) is 4. The smallest absolute Gasteiger partial charge is 0.303 e. The van der Waals surface area contributed by atoms with E-state index in [1.54, 1.807) is 13.0 Å². The molecular weight excluding hydrogens is 198 g/mol. The Morgan fingerprint density at radius 2 is 2.07 bits per heavy atom. The summed E-state index contributed by atoms with van der Waals surface area (Å²) in [5, 5.41) is 2.68. The molecular formula is C10H15NO4. The highest BCUT2D eigenvalue weighted by molar-refractivity contribution is 5.73. The zero-order chi connectivity index (χ0) is 11.4. The van der Waals surface area contributed by atoms with Crippen molar-refractivity contribution >= 4 is 11.9 Å². The van der Waals surface area contributed by atoms with Gasteiger partial charge in [-0.25, -0.2) is 0 Å². The Morgan fingerprint density at radius 3 is 2.60 bits per heavy atom. The van der Waals surface area contributed by atoms with Crippen molar-refractivity contribution in [3.05, 3.63) is 12.3 Å². The van der Waals surface area contributed by atoms with Crippen LogP contribution in [0.3, 0.4) is 0 Å². The highest BCUT2D eigenvalue weighted by atomic mass is 16.6. The molecule has 0 spiro atoms. The molecule has 1 heterocycles. The molecule has 0 aromatic heterocycles. The molecule has 0 aliphatic carbocycles. The van der Waals surface area contributed by atoms with E-state index in [2.05, 4.69) is 5.32 Å². The first-order valence-corrected chi connectivity index (χ1v) is 4.77. The maximum atomic E-state index is 10.9. The zero-order valence-corrected chi connectivity index (χ0v) is 9.02. The standard InChI is InChI=1S/C10H15NO4/c1-6-10(15-8(3)13)9(4-5-14-6)11-7(2)12/h4-6,9-10H,1-3H3,(H,11,12)/t6-,9-,10-/m0/s1. The van der Waals surface area contributed by atoms with Crippen LogP contribution >= 0.6 is 0 Å². The first kappa shape index (κ1) is 11.6. The van der Waals surface area contributed by atoms with E-state index in [0.29, 0.717) is 0 Å². The second kappa shape index (κ2) is 4.82. The van der Waals surface area contributed by atoms with Gasteiger partial charge in [0.2, 0.25) is 5.91 Å². The average molecular weight is 213 g/mol. The van der Waals surface area contributed by atoms with Crippen LogP contribution in [0.4, 0.5) is 0 Å². The summed E-state index contributed by atoms with van der Waals surface area (Å²) in [6.07, 6.45) is 2.42. The largest absolute Gasteiger partial charge is 0.495 e.